The number of hydrogen-bond donors (Lipinski definition) is 1. The Kier molecular flexibility index (Phi) is 5.30. The summed E-state index contributed by atoms with van der Waals surface area (Å²) >= 11 is 1.61. The fourth-order valence-corrected chi connectivity index (χ4v) is 6.95. The third kappa shape index (κ3) is 3.88. The lowest BCUT2D eigenvalue weighted by Gasteiger charge is -2.09. The Labute approximate surface area is 250 Å². The van der Waals surface area contributed by atoms with Crippen molar-refractivity contribution in [2.24, 2.45) is 0 Å². The molecule has 0 aliphatic carbocycles. The van der Waals surface area contributed by atoms with E-state index >= 15 is 0 Å². The molecule has 0 radical (unpaired) electrons. The van der Waals surface area contributed by atoms with Gasteiger partial charge >= 0.3 is 0 Å². The van der Waals surface area contributed by atoms with Crippen LogP contribution in [0.1, 0.15) is 0 Å². The summed E-state index contributed by atoms with van der Waals surface area (Å²) < 4.78 is 2.26. The van der Waals surface area contributed by atoms with Crippen molar-refractivity contribution in [2.75, 3.05) is 0 Å². The summed E-state index contributed by atoms with van der Waals surface area (Å²) in [6.45, 7) is 0. The first kappa shape index (κ1) is 24.1. The molecule has 0 aliphatic rings. The highest BCUT2D eigenvalue weighted by atomic mass is 32.1. The van der Waals surface area contributed by atoms with Crippen LogP contribution >= 0.6 is 11.3 Å². The lowest BCUT2D eigenvalue weighted by molar-refractivity contribution is 1.08. The number of rotatable bonds is 4. The van der Waals surface area contributed by atoms with Crippen molar-refractivity contribution < 1.29 is 0 Å². The SMILES string of the molecule is c1ccc(-c2cccc(-n3c4ccccc4c4ccc(-c5nnc(-c6ccc7c(c6)[nH]c6ccccc67)s5)cc43)n2)cc1. The van der Waals surface area contributed by atoms with Crippen LogP contribution in [0.3, 0.4) is 0 Å². The topological polar surface area (TPSA) is 59.4 Å². The van der Waals surface area contributed by atoms with E-state index in [1.165, 1.54) is 21.5 Å². The number of para-hydroxylation sites is 2. The number of aromatic nitrogens is 5. The fraction of sp³-hybridized carbons (Fsp3) is 0. The molecule has 0 saturated carbocycles. The van der Waals surface area contributed by atoms with Crippen LogP contribution < -0.4 is 0 Å². The molecule has 9 aromatic rings. The van der Waals surface area contributed by atoms with Gasteiger partial charge in [0.1, 0.15) is 15.8 Å². The smallest absolute Gasteiger partial charge is 0.148 e. The van der Waals surface area contributed by atoms with Gasteiger partial charge in [0.2, 0.25) is 0 Å². The lowest BCUT2D eigenvalue weighted by Crippen LogP contribution is -1.98. The van der Waals surface area contributed by atoms with Gasteiger partial charge in [-0.25, -0.2) is 4.98 Å². The van der Waals surface area contributed by atoms with Gasteiger partial charge in [-0.2, -0.15) is 0 Å². The van der Waals surface area contributed by atoms with Crippen LogP contribution in [0.4, 0.5) is 0 Å². The summed E-state index contributed by atoms with van der Waals surface area (Å²) in [5, 5.41) is 15.8. The molecule has 0 saturated heterocycles. The first-order chi connectivity index (χ1) is 21.3. The van der Waals surface area contributed by atoms with E-state index in [0.717, 1.165) is 60.3 Å². The molecule has 6 heteroatoms. The molecule has 43 heavy (non-hydrogen) atoms. The van der Waals surface area contributed by atoms with Crippen molar-refractivity contribution in [3.05, 3.63) is 133 Å². The fourth-order valence-electron chi connectivity index (χ4n) is 6.11. The predicted molar refractivity (Wildman–Crippen MR) is 178 cm³/mol. The van der Waals surface area contributed by atoms with E-state index < -0.39 is 0 Å². The van der Waals surface area contributed by atoms with Crippen LogP contribution in [0.5, 0.6) is 0 Å². The number of aromatic amines is 1. The zero-order valence-corrected chi connectivity index (χ0v) is 23.7. The number of pyridine rings is 1. The highest BCUT2D eigenvalue weighted by molar-refractivity contribution is 7.17. The molecule has 0 atom stereocenters. The first-order valence-corrected chi connectivity index (χ1v) is 15.0. The second-order valence-electron chi connectivity index (χ2n) is 10.7. The van der Waals surface area contributed by atoms with Crippen molar-refractivity contribution in [2.45, 2.75) is 0 Å². The van der Waals surface area contributed by atoms with Crippen molar-refractivity contribution >= 4 is 54.9 Å². The molecule has 0 bridgehead atoms. The number of fused-ring (bicyclic) bond motifs is 6. The molecule has 0 aliphatic heterocycles. The standard InChI is InChI=1S/C37H23N5S/c1-2-9-23(10-3-1)30-14-8-16-35(39-30)42-33-15-7-5-12-28(33)29-20-18-25(22-34(29)42)37-41-40-36(43-37)24-17-19-27-26-11-4-6-13-31(26)38-32(27)21-24/h1-22,38H. The highest BCUT2D eigenvalue weighted by Gasteiger charge is 2.17. The van der Waals surface area contributed by atoms with Crippen molar-refractivity contribution in [3.63, 3.8) is 0 Å². The van der Waals surface area contributed by atoms with Gasteiger partial charge in [0.05, 0.1) is 16.7 Å². The molecule has 4 aromatic heterocycles. The van der Waals surface area contributed by atoms with Crippen LogP contribution in [0.2, 0.25) is 0 Å². The van der Waals surface area contributed by atoms with Crippen LogP contribution in [0, 0.1) is 0 Å². The maximum atomic E-state index is 5.11. The average Bonchev–Trinajstić information content (AvgIpc) is 3.79. The number of hydrogen-bond acceptors (Lipinski definition) is 4. The Morgan fingerprint density at radius 1 is 0.488 bits per heavy atom. The monoisotopic (exact) mass is 569 g/mol. The van der Waals surface area contributed by atoms with Gasteiger partial charge in [-0.15, -0.1) is 10.2 Å². The van der Waals surface area contributed by atoms with Crippen LogP contribution in [-0.4, -0.2) is 24.7 Å². The van der Waals surface area contributed by atoms with E-state index in [1.807, 2.05) is 18.2 Å². The predicted octanol–water partition coefficient (Wildman–Crippen LogP) is 9.67. The normalized spacial score (nSPS) is 11.7. The Hall–Kier alpha value is -5.59. The van der Waals surface area contributed by atoms with Crippen molar-refractivity contribution in [1.29, 1.82) is 0 Å². The summed E-state index contributed by atoms with van der Waals surface area (Å²) in [6.07, 6.45) is 0. The van der Waals surface area contributed by atoms with E-state index in [-0.39, 0.29) is 0 Å². The van der Waals surface area contributed by atoms with Gasteiger partial charge in [-0.05, 0) is 36.4 Å². The van der Waals surface area contributed by atoms with E-state index in [4.69, 9.17) is 4.98 Å². The van der Waals surface area contributed by atoms with Crippen molar-refractivity contribution in [1.82, 2.24) is 24.7 Å². The molecule has 0 unspecified atom stereocenters. The zero-order chi connectivity index (χ0) is 28.3. The lowest BCUT2D eigenvalue weighted by atomic mass is 10.1. The Morgan fingerprint density at radius 3 is 2.02 bits per heavy atom. The molecular weight excluding hydrogens is 547 g/mol. The number of H-pyrrole nitrogens is 1. The number of benzene rings is 5. The minimum absolute atomic E-state index is 0.884. The summed E-state index contributed by atoms with van der Waals surface area (Å²) in [4.78, 5) is 8.65. The summed E-state index contributed by atoms with van der Waals surface area (Å²) in [7, 11) is 0. The highest BCUT2D eigenvalue weighted by Crippen LogP contribution is 2.37. The molecule has 9 rings (SSSR count). The van der Waals surface area contributed by atoms with Gasteiger partial charge in [0.25, 0.3) is 0 Å². The van der Waals surface area contributed by atoms with E-state index in [2.05, 4.69) is 135 Å². The van der Waals surface area contributed by atoms with E-state index in [1.54, 1.807) is 11.3 Å². The molecule has 5 aromatic carbocycles. The third-order valence-corrected chi connectivity index (χ3v) is 9.15. The summed E-state index contributed by atoms with van der Waals surface area (Å²) in [5.41, 5.74) is 8.58. The molecule has 4 heterocycles. The molecular formula is C37H23N5S. The van der Waals surface area contributed by atoms with Crippen LogP contribution in [0.25, 0.3) is 81.8 Å². The average molecular weight is 570 g/mol. The van der Waals surface area contributed by atoms with Gasteiger partial charge in [0.15, 0.2) is 0 Å². The third-order valence-electron chi connectivity index (χ3n) is 8.13. The van der Waals surface area contributed by atoms with Crippen molar-refractivity contribution in [3.8, 4) is 38.2 Å². The van der Waals surface area contributed by atoms with Gasteiger partial charge < -0.3 is 4.98 Å². The van der Waals surface area contributed by atoms with Gasteiger partial charge in [0, 0.05) is 49.3 Å². The maximum Gasteiger partial charge on any atom is 0.148 e. The summed E-state index contributed by atoms with van der Waals surface area (Å²) in [5.74, 6) is 0.884. The summed E-state index contributed by atoms with van der Waals surface area (Å²) in [6, 6.07) is 46.5. The number of nitrogens with one attached hydrogen (secondary N) is 1. The minimum atomic E-state index is 0.884. The van der Waals surface area contributed by atoms with E-state index in [9.17, 15) is 0 Å². The second-order valence-corrected chi connectivity index (χ2v) is 11.7. The molecule has 0 fully saturated rings. The Morgan fingerprint density at radius 2 is 1.16 bits per heavy atom. The number of nitrogens with zero attached hydrogens (tertiary/aromatic N) is 4. The molecule has 1 N–H and O–H groups in total. The molecule has 0 spiro atoms. The van der Waals surface area contributed by atoms with Crippen LogP contribution in [-0.2, 0) is 0 Å². The van der Waals surface area contributed by atoms with E-state index in [0.29, 0.717) is 0 Å². The quantitative estimate of drug-likeness (QED) is 0.230. The molecule has 5 nitrogen and oxygen atoms in total. The van der Waals surface area contributed by atoms with Gasteiger partial charge in [-0.3, -0.25) is 4.57 Å². The second kappa shape index (κ2) is 9.48. The zero-order valence-electron chi connectivity index (χ0n) is 22.9. The first-order valence-electron chi connectivity index (χ1n) is 14.2. The maximum absolute atomic E-state index is 5.11. The Bertz CT molecular complexity index is 2470. The molecule has 202 valence electrons. The Balaban J connectivity index is 1.16. The largest absolute Gasteiger partial charge is 0.354 e. The van der Waals surface area contributed by atoms with Gasteiger partial charge in [-0.1, -0.05) is 108 Å². The van der Waals surface area contributed by atoms with Crippen LogP contribution in [0.15, 0.2) is 133 Å². The molecule has 0 amide bonds. The minimum Gasteiger partial charge on any atom is -0.354 e.